The molecule has 0 aliphatic heterocycles. The molecular weight excluding hydrogens is 286 g/mol. The second kappa shape index (κ2) is 7.22. The van der Waals surface area contributed by atoms with Crippen LogP contribution in [0.5, 0.6) is 0 Å². The molecule has 5 heteroatoms. The van der Waals surface area contributed by atoms with Gasteiger partial charge in [0, 0.05) is 16.6 Å². The van der Waals surface area contributed by atoms with Crippen LogP contribution < -0.4 is 5.32 Å². The molecule has 21 heavy (non-hydrogen) atoms. The van der Waals surface area contributed by atoms with E-state index in [9.17, 15) is 9.00 Å². The molecule has 0 spiro atoms. The first-order chi connectivity index (χ1) is 10.0. The maximum Gasteiger partial charge on any atom is 0.233 e. The molecule has 0 saturated heterocycles. The quantitative estimate of drug-likeness (QED) is 0.892. The van der Waals surface area contributed by atoms with Gasteiger partial charge in [-0.25, -0.2) is 0 Å². The van der Waals surface area contributed by atoms with Crippen LogP contribution in [0.3, 0.4) is 0 Å². The van der Waals surface area contributed by atoms with Crippen molar-refractivity contribution in [2.24, 2.45) is 0 Å². The van der Waals surface area contributed by atoms with Crippen LogP contribution in [0.4, 0.5) is 0 Å². The molecule has 4 nitrogen and oxygen atoms in total. The van der Waals surface area contributed by atoms with Gasteiger partial charge in [-0.3, -0.25) is 9.00 Å². The normalized spacial score (nSPS) is 12.1. The predicted octanol–water partition coefficient (Wildman–Crippen LogP) is 2.46. The number of benzene rings is 1. The van der Waals surface area contributed by atoms with Gasteiger partial charge in [0.1, 0.15) is 11.5 Å². The smallest absolute Gasteiger partial charge is 0.233 e. The molecule has 0 aliphatic carbocycles. The summed E-state index contributed by atoms with van der Waals surface area (Å²) < 4.78 is 17.2. The van der Waals surface area contributed by atoms with Gasteiger partial charge in [-0.2, -0.15) is 0 Å². The fourth-order valence-corrected chi connectivity index (χ4v) is 3.13. The third-order valence-corrected chi connectivity index (χ3v) is 4.37. The van der Waals surface area contributed by atoms with Crippen LogP contribution in [0.2, 0.25) is 0 Å². The highest BCUT2D eigenvalue weighted by Crippen LogP contribution is 2.13. The summed E-state index contributed by atoms with van der Waals surface area (Å²) in [7, 11) is -1.21. The minimum absolute atomic E-state index is 0.00803. The van der Waals surface area contributed by atoms with E-state index in [0.717, 1.165) is 16.7 Å². The number of furan rings is 1. The van der Waals surface area contributed by atoms with Crippen molar-refractivity contribution in [3.8, 4) is 0 Å². The number of amides is 1. The number of nitrogens with one attached hydrogen (secondary N) is 1. The van der Waals surface area contributed by atoms with Crippen molar-refractivity contribution in [1.29, 1.82) is 0 Å². The van der Waals surface area contributed by atoms with E-state index in [2.05, 4.69) is 5.32 Å². The summed E-state index contributed by atoms with van der Waals surface area (Å²) in [5, 5.41) is 2.70. The number of carbonyl (C=O) groups is 1. The highest BCUT2D eigenvalue weighted by atomic mass is 32.2. The van der Waals surface area contributed by atoms with E-state index in [1.165, 1.54) is 0 Å². The van der Waals surface area contributed by atoms with Crippen molar-refractivity contribution in [1.82, 2.24) is 5.32 Å². The first-order valence-electron chi connectivity index (χ1n) is 6.75. The van der Waals surface area contributed by atoms with E-state index in [0.29, 0.717) is 18.1 Å². The molecule has 1 unspecified atom stereocenters. The Hall–Kier alpha value is -1.88. The Morgan fingerprint density at radius 2 is 2.10 bits per heavy atom. The number of hydrogen-bond acceptors (Lipinski definition) is 3. The van der Waals surface area contributed by atoms with Crippen LogP contribution in [-0.4, -0.2) is 15.9 Å². The van der Waals surface area contributed by atoms with Crippen molar-refractivity contribution in [2.75, 3.05) is 5.75 Å². The van der Waals surface area contributed by atoms with Crippen LogP contribution in [-0.2, 0) is 27.9 Å². The molecule has 1 amide bonds. The number of carbonyl (C=O) groups excluding carboxylic acids is 1. The molecule has 1 atom stereocenters. The first kappa shape index (κ1) is 15.5. The monoisotopic (exact) mass is 305 g/mol. The highest BCUT2D eigenvalue weighted by molar-refractivity contribution is 7.84. The molecule has 1 N–H and O–H groups in total. The average molecular weight is 305 g/mol. The van der Waals surface area contributed by atoms with Crippen LogP contribution in [0.25, 0.3) is 0 Å². The summed E-state index contributed by atoms with van der Waals surface area (Å²) in [6.45, 7) is 4.32. The van der Waals surface area contributed by atoms with E-state index in [1.54, 1.807) is 18.4 Å². The highest BCUT2D eigenvalue weighted by Gasteiger charge is 2.10. The molecule has 1 aromatic heterocycles. The topological polar surface area (TPSA) is 59.3 Å². The third-order valence-electron chi connectivity index (χ3n) is 3.15. The van der Waals surface area contributed by atoms with Gasteiger partial charge in [-0.15, -0.1) is 0 Å². The van der Waals surface area contributed by atoms with E-state index in [-0.39, 0.29) is 11.7 Å². The maximum absolute atomic E-state index is 12.1. The molecule has 2 aromatic rings. The largest absolute Gasteiger partial charge is 0.467 e. The van der Waals surface area contributed by atoms with Crippen LogP contribution in [0, 0.1) is 13.8 Å². The van der Waals surface area contributed by atoms with Gasteiger partial charge in [-0.1, -0.05) is 23.8 Å². The average Bonchev–Trinajstić information content (AvgIpc) is 2.94. The van der Waals surface area contributed by atoms with Crippen molar-refractivity contribution in [2.45, 2.75) is 26.1 Å². The lowest BCUT2D eigenvalue weighted by Gasteiger charge is -2.07. The van der Waals surface area contributed by atoms with Gasteiger partial charge >= 0.3 is 0 Å². The minimum Gasteiger partial charge on any atom is -0.467 e. The second-order valence-electron chi connectivity index (χ2n) is 5.01. The van der Waals surface area contributed by atoms with Gasteiger partial charge in [0.25, 0.3) is 0 Å². The zero-order valence-electron chi connectivity index (χ0n) is 12.2. The minimum atomic E-state index is -1.21. The Labute approximate surface area is 127 Å². The van der Waals surface area contributed by atoms with Crippen LogP contribution >= 0.6 is 0 Å². The SMILES string of the molecule is Cc1ccc(C)c(CS(=O)CC(=O)NCc2ccco2)c1. The number of hydrogen-bond donors (Lipinski definition) is 1. The van der Waals surface area contributed by atoms with Crippen LogP contribution in [0.15, 0.2) is 41.0 Å². The van der Waals surface area contributed by atoms with E-state index in [4.69, 9.17) is 4.42 Å². The van der Waals surface area contributed by atoms with E-state index in [1.807, 2.05) is 32.0 Å². The van der Waals surface area contributed by atoms with Crippen molar-refractivity contribution >= 4 is 16.7 Å². The Kier molecular flexibility index (Phi) is 5.33. The van der Waals surface area contributed by atoms with Gasteiger partial charge in [-0.05, 0) is 37.1 Å². The molecule has 0 saturated carbocycles. The van der Waals surface area contributed by atoms with Crippen molar-refractivity contribution in [3.05, 3.63) is 59.0 Å². The molecule has 0 fully saturated rings. The Morgan fingerprint density at radius 3 is 2.81 bits per heavy atom. The molecule has 112 valence electrons. The fraction of sp³-hybridized carbons (Fsp3) is 0.312. The number of rotatable bonds is 6. The lowest BCUT2D eigenvalue weighted by molar-refractivity contribution is -0.118. The summed E-state index contributed by atoms with van der Waals surface area (Å²) >= 11 is 0. The molecular formula is C16H19NO3S. The summed E-state index contributed by atoms with van der Waals surface area (Å²) in [6, 6.07) is 9.61. The Balaban J connectivity index is 1.83. The molecule has 1 heterocycles. The standard InChI is InChI=1S/C16H19NO3S/c1-12-5-6-13(2)14(8-12)10-21(19)11-16(18)17-9-15-4-3-7-20-15/h3-8H,9-11H2,1-2H3,(H,17,18). The fourth-order valence-electron chi connectivity index (χ4n) is 1.98. The molecule has 0 bridgehead atoms. The van der Waals surface area contributed by atoms with Crippen molar-refractivity contribution in [3.63, 3.8) is 0 Å². The molecule has 1 aromatic carbocycles. The summed E-state index contributed by atoms with van der Waals surface area (Å²) in [6.07, 6.45) is 1.56. The first-order valence-corrected chi connectivity index (χ1v) is 8.23. The Bertz CT molecular complexity index is 635. The van der Waals surface area contributed by atoms with Crippen molar-refractivity contribution < 1.29 is 13.4 Å². The lowest BCUT2D eigenvalue weighted by atomic mass is 10.1. The molecule has 0 aliphatic rings. The third kappa shape index (κ3) is 4.86. The predicted molar refractivity (Wildman–Crippen MR) is 83.2 cm³/mol. The zero-order chi connectivity index (χ0) is 15.2. The number of aryl methyl sites for hydroxylation is 2. The molecule has 0 radical (unpaired) electrons. The Morgan fingerprint density at radius 1 is 1.29 bits per heavy atom. The maximum atomic E-state index is 12.1. The van der Waals surface area contributed by atoms with Gasteiger partial charge in [0.2, 0.25) is 5.91 Å². The zero-order valence-corrected chi connectivity index (χ0v) is 13.0. The van der Waals surface area contributed by atoms with Gasteiger partial charge < -0.3 is 9.73 Å². The lowest BCUT2D eigenvalue weighted by Crippen LogP contribution is -2.28. The summed E-state index contributed by atoms with van der Waals surface area (Å²) in [4.78, 5) is 11.7. The second-order valence-corrected chi connectivity index (χ2v) is 6.47. The van der Waals surface area contributed by atoms with Crippen LogP contribution in [0.1, 0.15) is 22.5 Å². The molecule has 2 rings (SSSR count). The van der Waals surface area contributed by atoms with Gasteiger partial charge in [0.15, 0.2) is 0 Å². The summed E-state index contributed by atoms with van der Waals surface area (Å²) in [5.41, 5.74) is 3.27. The van der Waals surface area contributed by atoms with E-state index < -0.39 is 10.8 Å². The van der Waals surface area contributed by atoms with E-state index >= 15 is 0 Å². The summed E-state index contributed by atoms with van der Waals surface area (Å²) in [5.74, 6) is 0.870. The van der Waals surface area contributed by atoms with Gasteiger partial charge in [0.05, 0.1) is 12.8 Å².